The van der Waals surface area contributed by atoms with Gasteiger partial charge in [-0.2, -0.15) is 0 Å². The molecule has 0 spiro atoms. The Balaban J connectivity index is 3.06. The van der Waals surface area contributed by atoms with Gasteiger partial charge in [0.25, 0.3) is 0 Å². The van der Waals surface area contributed by atoms with Crippen molar-refractivity contribution in [3.05, 3.63) is 29.6 Å². The van der Waals surface area contributed by atoms with Gasteiger partial charge in [-0.25, -0.2) is 0 Å². The second-order valence-electron chi connectivity index (χ2n) is 3.30. The topological polar surface area (TPSA) is 37.3 Å². The Kier molecular flexibility index (Phi) is 2.31. The van der Waals surface area contributed by atoms with Crippen molar-refractivity contribution in [1.29, 1.82) is 0 Å². The third-order valence-corrected chi connectivity index (χ3v) is 2.03. The third-order valence-electron chi connectivity index (χ3n) is 2.03. The van der Waals surface area contributed by atoms with Crippen LogP contribution >= 0.6 is 0 Å². The molecule has 0 aliphatic rings. The van der Waals surface area contributed by atoms with Crippen LogP contribution in [-0.2, 0) is 10.2 Å². The minimum atomic E-state index is -0.797. The molecule has 62 valence electrons. The van der Waals surface area contributed by atoms with Crippen LogP contribution in [0, 0.1) is 0 Å². The van der Waals surface area contributed by atoms with E-state index in [1.807, 2.05) is 31.0 Å². The summed E-state index contributed by atoms with van der Waals surface area (Å²) in [5, 5.41) is 8.89. The number of carbonyl (C=O) groups is 1. The van der Waals surface area contributed by atoms with Gasteiger partial charge in [-0.1, -0.05) is 0 Å². The van der Waals surface area contributed by atoms with Crippen LogP contribution < -0.4 is 0 Å². The van der Waals surface area contributed by atoms with E-state index in [9.17, 15) is 4.79 Å². The van der Waals surface area contributed by atoms with Crippen molar-refractivity contribution in [1.82, 2.24) is 0 Å². The van der Waals surface area contributed by atoms with Gasteiger partial charge in [-0.3, -0.25) is 0 Å². The Bertz CT molecular complexity index is 280. The summed E-state index contributed by atoms with van der Waals surface area (Å²) in [7, 11) is 0. The van der Waals surface area contributed by atoms with E-state index in [1.165, 1.54) is 0 Å². The zero-order valence-electron chi connectivity index (χ0n) is 7.24. The molecule has 3 heteroatoms. The molecule has 0 aromatic carbocycles. The first-order chi connectivity index (χ1) is 5.55. The summed E-state index contributed by atoms with van der Waals surface area (Å²) in [6.45, 7) is 5.27. The van der Waals surface area contributed by atoms with Crippen LogP contribution in [-0.4, -0.2) is 18.0 Å². The molecule has 0 saturated heterocycles. The van der Waals surface area contributed by atoms with Crippen molar-refractivity contribution in [3.8, 4) is 0 Å². The molecule has 0 fully saturated rings. The summed E-state index contributed by atoms with van der Waals surface area (Å²) in [5.41, 5.74) is 0.0406. The minimum absolute atomic E-state index is 0.790. The molecule has 1 aromatic heterocycles. The molecule has 1 heterocycles. The molecule has 1 N–H and O–H groups in total. The van der Waals surface area contributed by atoms with Gasteiger partial charge in [0, 0.05) is 0 Å². The van der Waals surface area contributed by atoms with Crippen LogP contribution in [0.5, 0.6) is 0 Å². The molecule has 0 atom stereocenters. The molecule has 1 aromatic rings. The number of hydrogen-bond acceptors (Lipinski definition) is 1. The van der Waals surface area contributed by atoms with Gasteiger partial charge in [-0.15, -0.1) is 0 Å². The Morgan fingerprint density at radius 1 is 1.42 bits per heavy atom. The SMILES string of the molecule is CC(C)(C(=O)O)c1ccbcc1. The molecule has 12 heavy (non-hydrogen) atoms. The second-order valence-corrected chi connectivity index (χ2v) is 3.30. The Labute approximate surface area is 72.4 Å². The fraction of sp³-hybridized carbons (Fsp3) is 0.333. The average molecular weight is 162 g/mol. The molecule has 0 aliphatic heterocycles. The van der Waals surface area contributed by atoms with Crippen LogP contribution in [0.1, 0.15) is 19.4 Å². The van der Waals surface area contributed by atoms with Gasteiger partial charge in [0.15, 0.2) is 0 Å². The van der Waals surface area contributed by atoms with Crippen molar-refractivity contribution < 1.29 is 9.90 Å². The predicted octanol–water partition coefficient (Wildman–Crippen LogP) is 1.39. The third kappa shape index (κ3) is 1.55. The van der Waals surface area contributed by atoms with Gasteiger partial charge in [0.2, 0.25) is 0 Å². The van der Waals surface area contributed by atoms with Crippen LogP contribution in [0.2, 0.25) is 0 Å². The van der Waals surface area contributed by atoms with Crippen molar-refractivity contribution in [2.45, 2.75) is 19.3 Å². The normalized spacial score (nSPS) is 10.8. The van der Waals surface area contributed by atoms with Crippen LogP contribution in [0.15, 0.2) is 24.1 Å². The summed E-state index contributed by atoms with van der Waals surface area (Å²) in [4.78, 5) is 10.8. The molecule has 2 nitrogen and oxygen atoms in total. The summed E-state index contributed by atoms with van der Waals surface area (Å²) < 4.78 is 0. The number of hydrogen-bond donors (Lipinski definition) is 1. The molecule has 0 amide bonds. The van der Waals surface area contributed by atoms with E-state index in [0.29, 0.717) is 0 Å². The first kappa shape index (κ1) is 8.98. The van der Waals surface area contributed by atoms with Crippen molar-refractivity contribution in [2.24, 2.45) is 0 Å². The quantitative estimate of drug-likeness (QED) is 0.713. The second kappa shape index (κ2) is 3.09. The molecule has 0 unspecified atom stereocenters. The van der Waals surface area contributed by atoms with Gasteiger partial charge in [0.05, 0.1) is 0 Å². The maximum absolute atomic E-state index is 10.8. The molecule has 0 radical (unpaired) electrons. The Morgan fingerprint density at radius 2 is 1.92 bits per heavy atom. The van der Waals surface area contributed by atoms with Crippen molar-refractivity contribution in [3.63, 3.8) is 0 Å². The van der Waals surface area contributed by atoms with Crippen LogP contribution in [0.4, 0.5) is 0 Å². The summed E-state index contributed by atoms with van der Waals surface area (Å²) >= 11 is 0. The zero-order valence-corrected chi connectivity index (χ0v) is 7.24. The monoisotopic (exact) mass is 162 g/mol. The van der Waals surface area contributed by atoms with Crippen molar-refractivity contribution >= 4 is 12.9 Å². The summed E-state index contributed by atoms with van der Waals surface area (Å²) in [6, 6.07) is 3.66. The Morgan fingerprint density at radius 3 is 2.33 bits per heavy atom. The number of carboxylic acids is 1. The molecular formula is C9H11BO2. The first-order valence-corrected chi connectivity index (χ1v) is 3.84. The van der Waals surface area contributed by atoms with E-state index in [1.54, 1.807) is 13.8 Å². The van der Waals surface area contributed by atoms with E-state index in [2.05, 4.69) is 0 Å². The molecule has 0 bridgehead atoms. The first-order valence-electron chi connectivity index (χ1n) is 3.84. The van der Waals surface area contributed by atoms with Gasteiger partial charge in [0.1, 0.15) is 0 Å². The number of rotatable bonds is 2. The maximum atomic E-state index is 10.8. The van der Waals surface area contributed by atoms with Gasteiger partial charge in [-0.05, 0) is 0 Å². The fourth-order valence-electron chi connectivity index (χ4n) is 0.978. The van der Waals surface area contributed by atoms with Gasteiger partial charge >= 0.3 is 71.7 Å². The predicted molar refractivity (Wildman–Crippen MR) is 48.5 cm³/mol. The number of aliphatic carboxylic acids is 1. The van der Waals surface area contributed by atoms with E-state index >= 15 is 0 Å². The molecule has 0 aliphatic carbocycles. The molecule has 0 saturated carbocycles. The zero-order chi connectivity index (χ0) is 9.19. The van der Waals surface area contributed by atoms with Gasteiger partial charge < -0.3 is 0 Å². The molecule has 1 rings (SSSR count). The average Bonchev–Trinajstić information content (AvgIpc) is 2.06. The Hall–Kier alpha value is -1.12. The van der Waals surface area contributed by atoms with E-state index in [0.717, 1.165) is 5.56 Å². The summed E-state index contributed by atoms with van der Waals surface area (Å²) in [5.74, 6) is 2.90. The molecular weight excluding hydrogens is 151 g/mol. The standard InChI is InChI=1S/C9H11BO2/c1-9(2,8(11)12)7-3-5-10-6-4-7/h3-6H,1-2H3,(H,11,12). The fourth-order valence-corrected chi connectivity index (χ4v) is 0.978. The van der Waals surface area contributed by atoms with Crippen LogP contribution in [0.25, 0.3) is 0 Å². The summed E-state index contributed by atoms with van der Waals surface area (Å²) in [6.07, 6.45) is 0. The number of carboxylic acid groups (broad SMARTS) is 1. The van der Waals surface area contributed by atoms with Crippen molar-refractivity contribution in [2.75, 3.05) is 0 Å². The van der Waals surface area contributed by atoms with E-state index in [-0.39, 0.29) is 0 Å². The van der Waals surface area contributed by atoms with E-state index in [4.69, 9.17) is 5.11 Å². The van der Waals surface area contributed by atoms with E-state index < -0.39 is 11.4 Å². The van der Waals surface area contributed by atoms with Crippen LogP contribution in [0.3, 0.4) is 0 Å².